The third-order valence-electron chi connectivity index (χ3n) is 11.3. The Hall–Kier alpha value is -3.73. The second kappa shape index (κ2) is 10.7. The van der Waals surface area contributed by atoms with Crippen LogP contribution in [0.2, 0.25) is 0 Å². The lowest BCUT2D eigenvalue weighted by atomic mass is 9.72. The molecular formula is C36H43N5O5. The summed E-state index contributed by atoms with van der Waals surface area (Å²) < 4.78 is 8.65. The number of nitrogens with one attached hydrogen (secondary N) is 1. The zero-order valence-corrected chi connectivity index (χ0v) is 26.8. The van der Waals surface area contributed by atoms with Crippen LogP contribution in [-0.4, -0.2) is 92.0 Å². The Bertz CT molecular complexity index is 1720. The van der Waals surface area contributed by atoms with Crippen LogP contribution in [0.4, 0.5) is 0 Å². The average molecular weight is 626 g/mol. The highest BCUT2D eigenvalue weighted by Crippen LogP contribution is 2.47. The van der Waals surface area contributed by atoms with Crippen LogP contribution in [0, 0.1) is 5.92 Å². The first-order chi connectivity index (χ1) is 22.1. The summed E-state index contributed by atoms with van der Waals surface area (Å²) in [5.74, 6) is -3.30. The Morgan fingerprint density at radius 2 is 1.93 bits per heavy atom. The van der Waals surface area contributed by atoms with Crippen molar-refractivity contribution in [2.75, 3.05) is 20.1 Å². The summed E-state index contributed by atoms with van der Waals surface area (Å²) in [4.78, 5) is 47.3. The van der Waals surface area contributed by atoms with Crippen molar-refractivity contribution in [3.8, 4) is 0 Å². The van der Waals surface area contributed by atoms with Gasteiger partial charge in [0.15, 0.2) is 0 Å². The molecule has 5 aliphatic rings. The molecule has 4 aliphatic heterocycles. The van der Waals surface area contributed by atoms with Crippen molar-refractivity contribution < 1.29 is 24.2 Å². The SMILES string of the molecule is CCCn1cc2c3c(cccc31)[C@H]1C[C@@H](C(=O)N[C@]3(C)O[C@@]4(O)[C@@H]5CCCN5C(=O)[C@H](Cc5ccccc5)N4C3=O)CN(C)[C@@H]1C2. The molecule has 1 aliphatic carbocycles. The molecule has 0 unspecified atom stereocenters. The van der Waals surface area contributed by atoms with Crippen molar-refractivity contribution >= 4 is 28.6 Å². The first-order valence-corrected chi connectivity index (χ1v) is 16.9. The number of carbonyl (C=O) groups is 3. The number of carbonyl (C=O) groups excluding carboxylic acids is 3. The Labute approximate surface area is 269 Å². The van der Waals surface area contributed by atoms with Crippen LogP contribution in [0.15, 0.2) is 54.7 Å². The molecular weight excluding hydrogens is 582 g/mol. The molecule has 5 heterocycles. The van der Waals surface area contributed by atoms with E-state index in [-0.39, 0.29) is 36.1 Å². The number of amides is 3. The van der Waals surface area contributed by atoms with Crippen LogP contribution in [0.1, 0.15) is 62.1 Å². The Morgan fingerprint density at radius 3 is 2.72 bits per heavy atom. The number of piperazine rings is 1. The van der Waals surface area contributed by atoms with Gasteiger partial charge in [0, 0.05) is 55.1 Å². The van der Waals surface area contributed by atoms with E-state index in [0.717, 1.165) is 24.9 Å². The molecule has 4 fully saturated rings. The lowest BCUT2D eigenvalue weighted by molar-refractivity contribution is -0.315. The smallest absolute Gasteiger partial charge is 0.280 e. The van der Waals surface area contributed by atoms with Gasteiger partial charge in [0.2, 0.25) is 17.5 Å². The number of fused-ring (bicyclic) bond motifs is 5. The molecule has 0 bridgehead atoms. The summed E-state index contributed by atoms with van der Waals surface area (Å²) >= 11 is 0. The minimum absolute atomic E-state index is 0.173. The number of likely N-dealkylation sites (tertiary alicyclic amines) is 1. The van der Waals surface area contributed by atoms with Gasteiger partial charge in [0.25, 0.3) is 11.8 Å². The lowest BCUT2D eigenvalue weighted by Crippen LogP contribution is -2.71. The number of rotatable bonds is 6. The summed E-state index contributed by atoms with van der Waals surface area (Å²) in [7, 11) is 2.08. The Balaban J connectivity index is 1.07. The molecule has 46 heavy (non-hydrogen) atoms. The maximum absolute atomic E-state index is 14.3. The van der Waals surface area contributed by atoms with E-state index >= 15 is 0 Å². The summed E-state index contributed by atoms with van der Waals surface area (Å²) in [5, 5.41) is 16.4. The van der Waals surface area contributed by atoms with Crippen molar-refractivity contribution in [2.24, 2.45) is 5.92 Å². The largest absolute Gasteiger partial charge is 0.347 e. The van der Waals surface area contributed by atoms with Gasteiger partial charge in [-0.1, -0.05) is 49.4 Å². The van der Waals surface area contributed by atoms with E-state index in [1.54, 1.807) is 4.90 Å². The molecule has 2 N–H and O–H groups in total. The van der Waals surface area contributed by atoms with Crippen molar-refractivity contribution in [1.82, 2.24) is 24.6 Å². The van der Waals surface area contributed by atoms with Crippen LogP contribution in [0.5, 0.6) is 0 Å². The first-order valence-electron chi connectivity index (χ1n) is 16.9. The van der Waals surface area contributed by atoms with Crippen LogP contribution < -0.4 is 5.32 Å². The van der Waals surface area contributed by atoms with Gasteiger partial charge in [-0.2, -0.15) is 0 Å². The molecule has 242 valence electrons. The highest BCUT2D eigenvalue weighted by Gasteiger charge is 2.70. The standard InChI is InChI=1S/C36H43N5O5/c1-4-15-39-21-23-19-28-26(25-12-8-13-27(39)31(23)25)18-24(20-38(28)3)32(42)37-35(2)34(44)41-29(17-22-10-6-5-7-11-22)33(43)40-16-9-14-30(40)36(41,45)46-35/h5-8,10-13,21,24,26,28-30,45H,4,9,14-20H2,1-3H3,(H,37,42)/t24-,26-,28-,29+,30+,35-,36+/m1/s1. The fraction of sp³-hybridized carbons (Fsp3) is 0.528. The van der Waals surface area contributed by atoms with Gasteiger partial charge < -0.3 is 24.8 Å². The van der Waals surface area contributed by atoms with Gasteiger partial charge in [0.05, 0.1) is 5.92 Å². The van der Waals surface area contributed by atoms with Gasteiger partial charge >= 0.3 is 0 Å². The minimum atomic E-state index is -2.03. The molecule has 3 aromatic rings. The van der Waals surface area contributed by atoms with E-state index in [0.29, 0.717) is 32.4 Å². The second-order valence-corrected chi connectivity index (χ2v) is 14.2. The first kappa shape index (κ1) is 29.7. The third kappa shape index (κ3) is 4.29. The molecule has 0 radical (unpaired) electrons. The maximum Gasteiger partial charge on any atom is 0.280 e. The van der Waals surface area contributed by atoms with Gasteiger partial charge in [-0.3, -0.25) is 24.0 Å². The van der Waals surface area contributed by atoms with Gasteiger partial charge in [-0.15, -0.1) is 0 Å². The van der Waals surface area contributed by atoms with E-state index in [1.165, 1.54) is 33.9 Å². The summed E-state index contributed by atoms with van der Waals surface area (Å²) in [6.45, 7) is 5.74. The highest BCUT2D eigenvalue weighted by atomic mass is 16.7. The fourth-order valence-corrected chi connectivity index (χ4v) is 9.25. The number of aromatic nitrogens is 1. The zero-order chi connectivity index (χ0) is 32.0. The van der Waals surface area contributed by atoms with E-state index in [2.05, 4.69) is 53.2 Å². The molecule has 7 atom stereocenters. The lowest BCUT2D eigenvalue weighted by Gasteiger charge is -2.48. The van der Waals surface area contributed by atoms with Crippen molar-refractivity contribution in [1.29, 1.82) is 0 Å². The second-order valence-electron chi connectivity index (χ2n) is 14.2. The number of hydrogen-bond acceptors (Lipinski definition) is 6. The van der Waals surface area contributed by atoms with E-state index in [9.17, 15) is 19.5 Å². The normalized spacial score (nSPS) is 33.7. The number of nitrogens with zero attached hydrogens (tertiary/aromatic N) is 4. The summed E-state index contributed by atoms with van der Waals surface area (Å²) in [6, 6.07) is 14.7. The van der Waals surface area contributed by atoms with Crippen molar-refractivity contribution in [3.63, 3.8) is 0 Å². The molecule has 8 rings (SSSR count). The molecule has 10 heteroatoms. The zero-order valence-electron chi connectivity index (χ0n) is 26.8. The molecule has 2 aromatic carbocycles. The van der Waals surface area contributed by atoms with Crippen LogP contribution in [0.25, 0.3) is 10.9 Å². The number of aliphatic hydroxyl groups is 1. The average Bonchev–Trinajstić information content (AvgIpc) is 3.72. The predicted molar refractivity (Wildman–Crippen MR) is 171 cm³/mol. The number of likely N-dealkylation sites (N-methyl/N-ethyl adjacent to an activating group) is 1. The van der Waals surface area contributed by atoms with E-state index in [1.807, 2.05) is 30.3 Å². The molecule has 1 aromatic heterocycles. The van der Waals surface area contributed by atoms with Crippen molar-refractivity contribution in [3.05, 3.63) is 71.4 Å². The minimum Gasteiger partial charge on any atom is -0.347 e. The topological polar surface area (TPSA) is 107 Å². The van der Waals surface area contributed by atoms with Crippen LogP contribution >= 0.6 is 0 Å². The monoisotopic (exact) mass is 625 g/mol. The molecule has 10 nitrogen and oxygen atoms in total. The molecule has 0 spiro atoms. The molecule has 0 saturated carbocycles. The molecule has 4 saturated heterocycles. The Morgan fingerprint density at radius 1 is 1.13 bits per heavy atom. The van der Waals surface area contributed by atoms with Crippen LogP contribution in [-0.2, 0) is 38.5 Å². The number of hydrogen-bond donors (Lipinski definition) is 2. The van der Waals surface area contributed by atoms with Gasteiger partial charge in [0.1, 0.15) is 12.1 Å². The predicted octanol–water partition coefficient (Wildman–Crippen LogP) is 2.96. The highest BCUT2D eigenvalue weighted by molar-refractivity contribution is 5.97. The number of ether oxygens (including phenoxy) is 1. The fourth-order valence-electron chi connectivity index (χ4n) is 9.25. The number of benzene rings is 2. The van der Waals surface area contributed by atoms with Crippen LogP contribution in [0.3, 0.4) is 0 Å². The van der Waals surface area contributed by atoms with Gasteiger partial charge in [-0.05, 0) is 68.8 Å². The molecule has 3 amide bonds. The third-order valence-corrected chi connectivity index (χ3v) is 11.3. The summed E-state index contributed by atoms with van der Waals surface area (Å²) in [5.41, 5.74) is 2.98. The number of aryl methyl sites for hydroxylation is 1. The quantitative estimate of drug-likeness (QED) is 0.437. The maximum atomic E-state index is 14.3. The van der Waals surface area contributed by atoms with Gasteiger partial charge in [-0.25, -0.2) is 0 Å². The summed E-state index contributed by atoms with van der Waals surface area (Å²) in [6.07, 6.45) is 6.43. The van der Waals surface area contributed by atoms with E-state index < -0.39 is 29.6 Å². The number of piperidine rings is 1. The Kier molecular flexibility index (Phi) is 6.87. The van der Waals surface area contributed by atoms with Crippen molar-refractivity contribution in [2.45, 2.75) is 94.6 Å². The van der Waals surface area contributed by atoms with E-state index in [4.69, 9.17) is 4.74 Å².